The lowest BCUT2D eigenvalue weighted by atomic mass is 10.1. The van der Waals surface area contributed by atoms with Crippen LogP contribution in [0.25, 0.3) is 9.88 Å². The third-order valence-electron chi connectivity index (χ3n) is 3.16. The van der Waals surface area contributed by atoms with Crippen molar-refractivity contribution in [2.24, 2.45) is 0 Å². The molecule has 0 saturated heterocycles. The molecule has 1 amide bonds. The van der Waals surface area contributed by atoms with E-state index < -0.39 is 0 Å². The first-order valence-electron chi connectivity index (χ1n) is 6.56. The fourth-order valence-corrected chi connectivity index (χ4v) is 3.60. The Labute approximate surface area is 131 Å². The Hall–Kier alpha value is -1.98. The molecule has 0 aliphatic carbocycles. The second-order valence-electron chi connectivity index (χ2n) is 4.62. The smallest absolute Gasteiger partial charge is 0.263 e. The maximum absolute atomic E-state index is 12.2. The summed E-state index contributed by atoms with van der Waals surface area (Å²) in [5.74, 6) is -0.0708. The van der Waals surface area contributed by atoms with Crippen LogP contribution in [0.2, 0.25) is 0 Å². The van der Waals surface area contributed by atoms with Crippen LogP contribution in [0.5, 0.6) is 0 Å². The van der Waals surface area contributed by atoms with Gasteiger partial charge in [0.1, 0.15) is 9.88 Å². The summed E-state index contributed by atoms with van der Waals surface area (Å²) in [6.45, 7) is 2.58. The number of thiazole rings is 1. The van der Waals surface area contributed by atoms with E-state index in [1.54, 1.807) is 17.5 Å². The lowest BCUT2D eigenvalue weighted by molar-refractivity contribution is 0.0954. The van der Waals surface area contributed by atoms with Gasteiger partial charge in [0, 0.05) is 6.54 Å². The average Bonchev–Trinajstić information content (AvgIpc) is 3.16. The quantitative estimate of drug-likeness (QED) is 0.787. The minimum Gasteiger partial charge on any atom is -0.347 e. The molecule has 0 unspecified atom stereocenters. The molecular weight excluding hydrogens is 300 g/mol. The van der Waals surface area contributed by atoms with Gasteiger partial charge in [-0.3, -0.25) is 4.79 Å². The highest BCUT2D eigenvalue weighted by atomic mass is 32.1. The lowest BCUT2D eigenvalue weighted by Gasteiger charge is -2.06. The summed E-state index contributed by atoms with van der Waals surface area (Å²) in [5, 5.41) is 5.85. The zero-order valence-corrected chi connectivity index (χ0v) is 13.1. The Morgan fingerprint density at radius 3 is 2.86 bits per heavy atom. The molecule has 0 spiro atoms. The topological polar surface area (TPSA) is 42.0 Å². The van der Waals surface area contributed by atoms with Crippen molar-refractivity contribution in [1.29, 1.82) is 0 Å². The van der Waals surface area contributed by atoms with Crippen LogP contribution < -0.4 is 5.32 Å². The third-order valence-corrected chi connectivity index (χ3v) is 5.20. The summed E-state index contributed by atoms with van der Waals surface area (Å²) in [4.78, 5) is 18.2. The van der Waals surface area contributed by atoms with Crippen molar-refractivity contribution < 1.29 is 4.79 Å². The van der Waals surface area contributed by atoms with Gasteiger partial charge in [0.25, 0.3) is 5.91 Å². The van der Waals surface area contributed by atoms with Crippen LogP contribution in [0.1, 0.15) is 20.8 Å². The lowest BCUT2D eigenvalue weighted by Crippen LogP contribution is -2.22. The molecule has 0 atom stereocenters. The van der Waals surface area contributed by atoms with Crippen LogP contribution in [0.4, 0.5) is 0 Å². The summed E-state index contributed by atoms with van der Waals surface area (Å²) >= 11 is 3.05. The largest absolute Gasteiger partial charge is 0.347 e. The molecule has 5 heteroatoms. The second kappa shape index (κ2) is 6.20. The number of hydrogen-bond donors (Lipinski definition) is 1. The third kappa shape index (κ3) is 3.20. The number of benzene rings is 1. The van der Waals surface area contributed by atoms with Crippen LogP contribution in [-0.2, 0) is 6.54 Å². The van der Waals surface area contributed by atoms with Crippen molar-refractivity contribution in [1.82, 2.24) is 10.3 Å². The number of nitrogens with one attached hydrogen (secondary N) is 1. The first-order chi connectivity index (χ1) is 10.2. The minimum atomic E-state index is -0.0708. The van der Waals surface area contributed by atoms with Gasteiger partial charge in [0.15, 0.2) is 0 Å². The van der Waals surface area contributed by atoms with Gasteiger partial charge < -0.3 is 5.32 Å². The number of rotatable bonds is 4. The van der Waals surface area contributed by atoms with Crippen molar-refractivity contribution in [3.8, 4) is 9.88 Å². The number of aryl methyl sites for hydroxylation is 1. The number of carbonyl (C=O) groups excluding carboxylic acids is 1. The van der Waals surface area contributed by atoms with E-state index in [4.69, 9.17) is 0 Å². The predicted molar refractivity (Wildman–Crippen MR) is 87.8 cm³/mol. The Bertz CT molecular complexity index is 747. The highest BCUT2D eigenvalue weighted by molar-refractivity contribution is 7.21. The SMILES string of the molecule is Cc1ccccc1CNC(=O)c1cnc(-c2cccs2)s1. The predicted octanol–water partition coefficient (Wildman–Crippen LogP) is 4.11. The summed E-state index contributed by atoms with van der Waals surface area (Å²) in [7, 11) is 0. The number of amides is 1. The van der Waals surface area contributed by atoms with E-state index in [0.29, 0.717) is 11.4 Å². The molecule has 0 radical (unpaired) electrons. The Morgan fingerprint density at radius 1 is 1.24 bits per heavy atom. The summed E-state index contributed by atoms with van der Waals surface area (Å²) in [5.41, 5.74) is 2.32. The van der Waals surface area contributed by atoms with Crippen molar-refractivity contribution in [2.75, 3.05) is 0 Å². The van der Waals surface area contributed by atoms with Crippen LogP contribution >= 0.6 is 22.7 Å². The van der Waals surface area contributed by atoms with E-state index in [1.165, 1.54) is 16.9 Å². The summed E-state index contributed by atoms with van der Waals surface area (Å²) < 4.78 is 0. The van der Waals surface area contributed by atoms with Crippen molar-refractivity contribution >= 4 is 28.6 Å². The molecular formula is C16H14N2OS2. The fraction of sp³-hybridized carbons (Fsp3) is 0.125. The molecule has 0 aliphatic rings. The van der Waals surface area contributed by atoms with Gasteiger partial charge in [-0.1, -0.05) is 30.3 Å². The van der Waals surface area contributed by atoms with Gasteiger partial charge >= 0.3 is 0 Å². The second-order valence-corrected chi connectivity index (χ2v) is 6.59. The maximum Gasteiger partial charge on any atom is 0.263 e. The van der Waals surface area contributed by atoms with E-state index in [2.05, 4.69) is 10.3 Å². The van der Waals surface area contributed by atoms with E-state index >= 15 is 0 Å². The summed E-state index contributed by atoms with van der Waals surface area (Å²) in [6.07, 6.45) is 1.65. The molecule has 3 nitrogen and oxygen atoms in total. The first kappa shape index (κ1) is 14.0. The van der Waals surface area contributed by atoms with Crippen LogP contribution in [0, 0.1) is 6.92 Å². The molecule has 106 valence electrons. The Morgan fingerprint density at radius 2 is 2.10 bits per heavy atom. The normalized spacial score (nSPS) is 10.5. The summed E-state index contributed by atoms with van der Waals surface area (Å²) in [6, 6.07) is 12.0. The van der Waals surface area contributed by atoms with Crippen LogP contribution in [0.3, 0.4) is 0 Å². The van der Waals surface area contributed by atoms with Gasteiger partial charge in [-0.05, 0) is 29.5 Å². The van der Waals surface area contributed by atoms with E-state index in [9.17, 15) is 4.79 Å². The molecule has 0 aliphatic heterocycles. The molecule has 3 rings (SSSR count). The highest BCUT2D eigenvalue weighted by Crippen LogP contribution is 2.28. The average molecular weight is 314 g/mol. The highest BCUT2D eigenvalue weighted by Gasteiger charge is 2.12. The molecule has 1 aromatic carbocycles. The molecule has 0 saturated carbocycles. The van der Waals surface area contributed by atoms with Gasteiger partial charge in [0.05, 0.1) is 11.1 Å². The number of nitrogens with zero attached hydrogens (tertiary/aromatic N) is 1. The van der Waals surface area contributed by atoms with Crippen LogP contribution in [0.15, 0.2) is 48.0 Å². The first-order valence-corrected chi connectivity index (χ1v) is 8.26. The van der Waals surface area contributed by atoms with Crippen molar-refractivity contribution in [2.45, 2.75) is 13.5 Å². The van der Waals surface area contributed by atoms with Crippen molar-refractivity contribution in [3.05, 3.63) is 64.0 Å². The van der Waals surface area contributed by atoms with Gasteiger partial charge in [0.2, 0.25) is 0 Å². The van der Waals surface area contributed by atoms with E-state index in [-0.39, 0.29) is 5.91 Å². The van der Waals surface area contributed by atoms with E-state index in [0.717, 1.165) is 15.4 Å². The van der Waals surface area contributed by atoms with Gasteiger partial charge in [-0.2, -0.15) is 0 Å². The molecule has 0 bridgehead atoms. The Balaban J connectivity index is 1.68. The minimum absolute atomic E-state index is 0.0708. The Kier molecular flexibility index (Phi) is 4.13. The maximum atomic E-state index is 12.2. The zero-order valence-electron chi connectivity index (χ0n) is 11.5. The number of thiophene rings is 1. The molecule has 21 heavy (non-hydrogen) atoms. The molecule has 1 N–H and O–H groups in total. The van der Waals surface area contributed by atoms with Gasteiger partial charge in [-0.15, -0.1) is 22.7 Å². The van der Waals surface area contributed by atoms with Crippen LogP contribution in [-0.4, -0.2) is 10.9 Å². The molecule has 2 aromatic heterocycles. The molecule has 3 aromatic rings. The number of aromatic nitrogens is 1. The monoisotopic (exact) mass is 314 g/mol. The zero-order chi connectivity index (χ0) is 14.7. The number of carbonyl (C=O) groups is 1. The molecule has 2 heterocycles. The molecule has 0 fully saturated rings. The van der Waals surface area contributed by atoms with E-state index in [1.807, 2.05) is 48.7 Å². The van der Waals surface area contributed by atoms with Crippen molar-refractivity contribution in [3.63, 3.8) is 0 Å². The fourth-order valence-electron chi connectivity index (χ4n) is 1.96. The van der Waals surface area contributed by atoms with Gasteiger partial charge in [-0.25, -0.2) is 4.98 Å². The number of hydrogen-bond acceptors (Lipinski definition) is 4. The standard InChI is InChI=1S/C16H14N2OS2/c1-11-5-2-3-6-12(11)9-17-15(19)14-10-18-16(21-14)13-7-4-8-20-13/h2-8,10H,9H2,1H3,(H,17,19).